The average Bonchev–Trinajstić information content (AvgIpc) is 2.82. The smallest absolute Gasteiger partial charge is 0.287 e. The molecule has 0 amide bonds. The van der Waals surface area contributed by atoms with E-state index in [1.807, 2.05) is 0 Å². The average molecular weight is 311 g/mol. The molecule has 0 fully saturated rings. The SMILES string of the molecule is OC(O)(N/N=C/c1ccco1)c1ccc(Br)cc1. The van der Waals surface area contributed by atoms with Crippen LogP contribution in [0.25, 0.3) is 0 Å². The largest absolute Gasteiger partial charge is 0.463 e. The Kier molecular flexibility index (Phi) is 3.81. The van der Waals surface area contributed by atoms with Crippen molar-refractivity contribution in [2.45, 2.75) is 5.91 Å². The highest BCUT2D eigenvalue weighted by atomic mass is 79.9. The molecule has 0 unspecified atom stereocenters. The quantitative estimate of drug-likeness (QED) is 0.457. The standard InChI is InChI=1S/C12H11BrN2O3/c13-10-5-3-9(4-6-10)12(16,17)15-14-8-11-2-1-7-18-11/h1-8,15-17H/b14-8+. The normalized spacial score (nSPS) is 11.9. The van der Waals surface area contributed by atoms with Crippen LogP contribution in [-0.2, 0) is 5.91 Å². The van der Waals surface area contributed by atoms with Crippen LogP contribution in [-0.4, -0.2) is 16.4 Å². The fourth-order valence-corrected chi connectivity index (χ4v) is 1.56. The van der Waals surface area contributed by atoms with Gasteiger partial charge in [-0.2, -0.15) is 5.10 Å². The summed E-state index contributed by atoms with van der Waals surface area (Å²) in [7, 11) is 0. The predicted octanol–water partition coefficient (Wildman–Crippen LogP) is 1.76. The second kappa shape index (κ2) is 5.34. The van der Waals surface area contributed by atoms with E-state index in [2.05, 4.69) is 26.5 Å². The van der Waals surface area contributed by atoms with Gasteiger partial charge in [-0.15, -0.1) is 0 Å². The molecule has 2 aromatic rings. The Hall–Kier alpha value is -1.63. The second-order valence-corrected chi connectivity index (χ2v) is 4.48. The molecule has 0 aliphatic carbocycles. The third-order valence-corrected chi connectivity index (χ3v) is 2.73. The summed E-state index contributed by atoms with van der Waals surface area (Å²) < 4.78 is 5.86. The lowest BCUT2D eigenvalue weighted by molar-refractivity contribution is -0.194. The van der Waals surface area contributed by atoms with Crippen LogP contribution in [0.3, 0.4) is 0 Å². The van der Waals surface area contributed by atoms with Crippen LogP contribution in [0.1, 0.15) is 11.3 Å². The van der Waals surface area contributed by atoms with Crippen molar-refractivity contribution in [2.75, 3.05) is 0 Å². The molecule has 0 atom stereocenters. The summed E-state index contributed by atoms with van der Waals surface area (Å²) in [4.78, 5) is 0. The number of nitrogens with zero attached hydrogens (tertiary/aromatic N) is 1. The first-order valence-electron chi connectivity index (χ1n) is 5.12. The Morgan fingerprint density at radius 2 is 1.94 bits per heavy atom. The molecule has 0 saturated heterocycles. The van der Waals surface area contributed by atoms with Gasteiger partial charge in [-0.05, 0) is 24.3 Å². The highest BCUT2D eigenvalue weighted by molar-refractivity contribution is 9.10. The van der Waals surface area contributed by atoms with E-state index in [9.17, 15) is 10.2 Å². The number of aliphatic hydroxyl groups is 2. The molecule has 0 radical (unpaired) electrons. The molecule has 0 saturated carbocycles. The maximum Gasteiger partial charge on any atom is 0.287 e. The number of benzene rings is 1. The monoisotopic (exact) mass is 310 g/mol. The van der Waals surface area contributed by atoms with Crippen molar-refractivity contribution in [2.24, 2.45) is 5.10 Å². The summed E-state index contributed by atoms with van der Waals surface area (Å²) in [5.74, 6) is -1.72. The van der Waals surface area contributed by atoms with Gasteiger partial charge >= 0.3 is 0 Å². The zero-order valence-electron chi connectivity index (χ0n) is 9.25. The van der Waals surface area contributed by atoms with Crippen molar-refractivity contribution in [3.8, 4) is 0 Å². The van der Waals surface area contributed by atoms with Crippen LogP contribution in [0.2, 0.25) is 0 Å². The number of furan rings is 1. The molecule has 18 heavy (non-hydrogen) atoms. The molecule has 6 heteroatoms. The van der Waals surface area contributed by atoms with E-state index < -0.39 is 5.91 Å². The maximum absolute atomic E-state index is 9.79. The van der Waals surface area contributed by atoms with Crippen LogP contribution >= 0.6 is 15.9 Å². The first kappa shape index (κ1) is 12.8. The van der Waals surface area contributed by atoms with Gasteiger partial charge < -0.3 is 14.6 Å². The van der Waals surface area contributed by atoms with E-state index in [1.165, 1.54) is 12.5 Å². The van der Waals surface area contributed by atoms with Gasteiger partial charge in [0.25, 0.3) is 5.91 Å². The van der Waals surface area contributed by atoms with E-state index in [1.54, 1.807) is 36.4 Å². The fraction of sp³-hybridized carbons (Fsp3) is 0.0833. The van der Waals surface area contributed by atoms with Gasteiger partial charge in [0.1, 0.15) is 5.76 Å². The molecule has 0 spiro atoms. The van der Waals surface area contributed by atoms with Gasteiger partial charge in [0.15, 0.2) is 0 Å². The predicted molar refractivity (Wildman–Crippen MR) is 69.7 cm³/mol. The lowest BCUT2D eigenvalue weighted by atomic mass is 10.2. The second-order valence-electron chi connectivity index (χ2n) is 3.56. The number of halogens is 1. The van der Waals surface area contributed by atoms with Crippen molar-refractivity contribution in [3.05, 3.63) is 58.5 Å². The van der Waals surface area contributed by atoms with E-state index in [-0.39, 0.29) is 5.56 Å². The van der Waals surface area contributed by atoms with Gasteiger partial charge in [-0.3, -0.25) is 5.43 Å². The molecule has 0 aliphatic rings. The highest BCUT2D eigenvalue weighted by Crippen LogP contribution is 2.18. The highest BCUT2D eigenvalue weighted by Gasteiger charge is 2.24. The molecule has 0 bridgehead atoms. The third-order valence-electron chi connectivity index (χ3n) is 2.20. The van der Waals surface area contributed by atoms with Gasteiger partial charge in [0.2, 0.25) is 0 Å². The first-order valence-corrected chi connectivity index (χ1v) is 5.92. The summed E-state index contributed by atoms with van der Waals surface area (Å²) in [5.41, 5.74) is 2.52. The minimum absolute atomic E-state index is 0.280. The number of nitrogens with one attached hydrogen (secondary N) is 1. The molecule has 5 nitrogen and oxygen atoms in total. The third kappa shape index (κ3) is 3.19. The van der Waals surface area contributed by atoms with Crippen molar-refractivity contribution >= 4 is 22.1 Å². The van der Waals surface area contributed by atoms with Crippen LogP contribution in [0.4, 0.5) is 0 Å². The summed E-state index contributed by atoms with van der Waals surface area (Å²) >= 11 is 3.27. The fourth-order valence-electron chi connectivity index (χ4n) is 1.30. The van der Waals surface area contributed by atoms with Crippen molar-refractivity contribution < 1.29 is 14.6 Å². The lowest BCUT2D eigenvalue weighted by Crippen LogP contribution is -2.38. The van der Waals surface area contributed by atoms with Crippen LogP contribution in [0.15, 0.2) is 56.7 Å². The van der Waals surface area contributed by atoms with Gasteiger partial charge in [-0.1, -0.05) is 28.1 Å². The Balaban J connectivity index is 2.05. The first-order chi connectivity index (χ1) is 8.58. The van der Waals surface area contributed by atoms with Gasteiger partial charge in [-0.25, -0.2) is 0 Å². The summed E-state index contributed by atoms with van der Waals surface area (Å²) in [6, 6.07) is 9.95. The number of hydrogen-bond donors (Lipinski definition) is 3. The van der Waals surface area contributed by atoms with Crippen molar-refractivity contribution in [3.63, 3.8) is 0 Å². The van der Waals surface area contributed by atoms with Gasteiger partial charge in [0, 0.05) is 10.0 Å². The van der Waals surface area contributed by atoms with Crippen LogP contribution in [0, 0.1) is 0 Å². The molecule has 0 aliphatic heterocycles. The van der Waals surface area contributed by atoms with E-state index in [0.717, 1.165) is 4.47 Å². The Morgan fingerprint density at radius 1 is 1.22 bits per heavy atom. The molecule has 3 N–H and O–H groups in total. The number of hydrogen-bond acceptors (Lipinski definition) is 5. The van der Waals surface area contributed by atoms with Crippen LogP contribution in [0.5, 0.6) is 0 Å². The summed E-state index contributed by atoms with van der Waals surface area (Å²) in [6.07, 6.45) is 2.85. The zero-order valence-corrected chi connectivity index (χ0v) is 10.8. The van der Waals surface area contributed by atoms with E-state index in [0.29, 0.717) is 5.76 Å². The van der Waals surface area contributed by atoms with E-state index >= 15 is 0 Å². The topological polar surface area (TPSA) is 78.0 Å². The molecule has 2 rings (SSSR count). The minimum Gasteiger partial charge on any atom is -0.463 e. The molecule has 1 heterocycles. The maximum atomic E-state index is 9.79. The Labute approximate surface area is 112 Å². The number of rotatable bonds is 4. The Morgan fingerprint density at radius 3 is 2.56 bits per heavy atom. The van der Waals surface area contributed by atoms with Gasteiger partial charge in [0.05, 0.1) is 12.5 Å². The lowest BCUT2D eigenvalue weighted by Gasteiger charge is -2.20. The van der Waals surface area contributed by atoms with E-state index in [4.69, 9.17) is 4.42 Å². The number of hydrazone groups is 1. The molecular weight excluding hydrogens is 300 g/mol. The molecular formula is C12H11BrN2O3. The van der Waals surface area contributed by atoms with Crippen LogP contribution < -0.4 is 5.43 Å². The zero-order chi connectivity index (χ0) is 13.0. The Bertz CT molecular complexity index is 521. The van der Waals surface area contributed by atoms with Crippen molar-refractivity contribution in [1.82, 2.24) is 5.43 Å². The summed E-state index contributed by atoms with van der Waals surface area (Å²) in [6.45, 7) is 0. The summed E-state index contributed by atoms with van der Waals surface area (Å²) in [5, 5.41) is 23.3. The molecule has 1 aromatic heterocycles. The molecule has 1 aromatic carbocycles. The minimum atomic E-state index is -2.23. The molecule has 94 valence electrons. The van der Waals surface area contributed by atoms with Crippen molar-refractivity contribution in [1.29, 1.82) is 0 Å².